The number of aromatic nitrogens is 4. The Morgan fingerprint density at radius 3 is 2.76 bits per heavy atom. The van der Waals surface area contributed by atoms with Gasteiger partial charge >= 0.3 is 6.18 Å². The van der Waals surface area contributed by atoms with Crippen molar-refractivity contribution in [3.63, 3.8) is 0 Å². The number of rotatable bonds is 3. The van der Waals surface area contributed by atoms with Gasteiger partial charge < -0.3 is 5.11 Å². The zero-order valence-corrected chi connectivity index (χ0v) is 14.4. The topological polar surface area (TPSA) is 88.5 Å². The van der Waals surface area contributed by atoms with Crippen molar-refractivity contribution < 1.29 is 23.1 Å². The summed E-state index contributed by atoms with van der Waals surface area (Å²) < 4.78 is 43.1. The van der Waals surface area contributed by atoms with E-state index in [1.54, 1.807) is 12.4 Å². The number of alkyl halides is 3. The summed E-state index contributed by atoms with van der Waals surface area (Å²) in [5.41, 5.74) is -3.65. The van der Waals surface area contributed by atoms with E-state index in [1.807, 2.05) is 0 Å². The molecule has 1 N–H and O–H groups in total. The van der Waals surface area contributed by atoms with Gasteiger partial charge in [-0.3, -0.25) is 9.48 Å². The Labute approximate surface area is 147 Å². The molecule has 3 heterocycles. The molecule has 0 fully saturated rings. The van der Waals surface area contributed by atoms with Crippen LogP contribution in [0.5, 0.6) is 0 Å². The molecule has 25 heavy (non-hydrogen) atoms. The van der Waals surface area contributed by atoms with Crippen LogP contribution in [-0.4, -0.2) is 53.2 Å². The largest absolute Gasteiger partial charge is 0.438 e. The highest BCUT2D eigenvalue weighted by atomic mass is 79.9. The molecule has 0 saturated carbocycles. The summed E-state index contributed by atoms with van der Waals surface area (Å²) in [6.45, 7) is 1.46. The van der Waals surface area contributed by atoms with Crippen molar-refractivity contribution in [3.05, 3.63) is 34.8 Å². The van der Waals surface area contributed by atoms with Crippen LogP contribution >= 0.6 is 15.9 Å². The fourth-order valence-electron chi connectivity index (χ4n) is 2.38. The number of aliphatic hydroxyl groups is 1. The summed E-state index contributed by atoms with van der Waals surface area (Å²) in [6, 6.07) is 1.25. The Bertz CT molecular complexity index is 845. The van der Waals surface area contributed by atoms with Crippen LogP contribution in [0.3, 0.4) is 0 Å². The number of halogens is 4. The smallest absolute Gasteiger partial charge is 0.362 e. The van der Waals surface area contributed by atoms with E-state index in [0.717, 1.165) is 4.47 Å². The molecule has 2 aromatic heterocycles. The molecule has 8 nitrogen and oxygen atoms in total. The van der Waals surface area contributed by atoms with Gasteiger partial charge in [-0.1, -0.05) is 0 Å². The zero-order valence-electron chi connectivity index (χ0n) is 12.8. The molecule has 0 saturated heterocycles. The van der Waals surface area contributed by atoms with E-state index in [0.29, 0.717) is 0 Å². The van der Waals surface area contributed by atoms with Gasteiger partial charge in [-0.05, 0) is 28.9 Å². The quantitative estimate of drug-likeness (QED) is 0.819. The summed E-state index contributed by atoms with van der Waals surface area (Å²) >= 11 is 3.23. The molecule has 1 amide bonds. The van der Waals surface area contributed by atoms with E-state index in [9.17, 15) is 23.1 Å². The van der Waals surface area contributed by atoms with Crippen LogP contribution in [0, 0.1) is 0 Å². The average molecular weight is 421 g/mol. The molecule has 0 spiro atoms. The maximum absolute atomic E-state index is 13.2. The van der Waals surface area contributed by atoms with Gasteiger partial charge in [-0.15, -0.1) is 0 Å². The Hall–Kier alpha value is -2.21. The molecule has 2 aromatic rings. The molecule has 0 unspecified atom stereocenters. The van der Waals surface area contributed by atoms with Gasteiger partial charge in [-0.25, -0.2) is 4.68 Å². The van der Waals surface area contributed by atoms with Gasteiger partial charge in [0.25, 0.3) is 11.6 Å². The lowest BCUT2D eigenvalue weighted by Crippen LogP contribution is -2.56. The van der Waals surface area contributed by atoms with Gasteiger partial charge in [0.2, 0.25) is 0 Å². The Morgan fingerprint density at radius 2 is 2.16 bits per heavy atom. The van der Waals surface area contributed by atoms with Crippen molar-refractivity contribution in [3.8, 4) is 0 Å². The minimum atomic E-state index is -5.05. The van der Waals surface area contributed by atoms with Crippen molar-refractivity contribution >= 4 is 27.5 Å². The van der Waals surface area contributed by atoms with Crippen molar-refractivity contribution in [2.75, 3.05) is 0 Å². The summed E-state index contributed by atoms with van der Waals surface area (Å²) in [7, 11) is 0. The Morgan fingerprint density at radius 1 is 1.44 bits per heavy atom. The Kier molecular flexibility index (Phi) is 4.19. The SMILES string of the molecule is CC1=NN(C(=O)c2ccn(Cn3cc(Br)cn3)n2)[C@@](O)(C(F)(F)F)C1. The number of amides is 1. The Balaban J connectivity index is 1.83. The first-order chi connectivity index (χ1) is 11.6. The lowest BCUT2D eigenvalue weighted by molar-refractivity contribution is -0.297. The molecular weight excluding hydrogens is 409 g/mol. The number of hydrogen-bond acceptors (Lipinski definition) is 5. The molecule has 0 aromatic carbocycles. The maximum atomic E-state index is 13.2. The second-order valence-electron chi connectivity index (χ2n) is 5.52. The molecule has 134 valence electrons. The molecule has 0 radical (unpaired) electrons. The molecular formula is C13H12BrF3N6O2. The monoisotopic (exact) mass is 420 g/mol. The first-order valence-electron chi connectivity index (χ1n) is 6.99. The second kappa shape index (κ2) is 5.95. The molecule has 3 rings (SSSR count). The van der Waals surface area contributed by atoms with Gasteiger partial charge in [0.1, 0.15) is 6.67 Å². The average Bonchev–Trinajstić information content (AvgIpc) is 3.19. The lowest BCUT2D eigenvalue weighted by Gasteiger charge is -2.32. The van der Waals surface area contributed by atoms with Crippen molar-refractivity contribution in [2.24, 2.45) is 5.10 Å². The van der Waals surface area contributed by atoms with Crippen LogP contribution < -0.4 is 0 Å². The standard InChI is InChI=1S/C13H12BrF3N6O2/c1-8-4-12(25,13(15,16)17)23(19-8)11(24)10-2-3-21(20-10)7-22-6-9(14)5-18-22/h2-3,5-6,25H,4,7H2,1H3/t12-/m0/s1. The minimum Gasteiger partial charge on any atom is -0.362 e. The maximum Gasteiger partial charge on any atom is 0.438 e. The van der Waals surface area contributed by atoms with E-state index < -0.39 is 24.2 Å². The molecule has 1 aliphatic heterocycles. The first kappa shape index (κ1) is 17.6. The molecule has 0 bridgehead atoms. The third-order valence-electron chi connectivity index (χ3n) is 3.52. The highest BCUT2D eigenvalue weighted by Crippen LogP contribution is 2.40. The minimum absolute atomic E-state index is 0.00556. The van der Waals surface area contributed by atoms with E-state index in [-0.39, 0.29) is 23.1 Å². The van der Waals surface area contributed by atoms with Crippen molar-refractivity contribution in [1.82, 2.24) is 24.6 Å². The highest BCUT2D eigenvalue weighted by Gasteiger charge is 2.63. The van der Waals surface area contributed by atoms with Crippen LogP contribution in [0.2, 0.25) is 0 Å². The molecule has 1 aliphatic rings. The predicted octanol–water partition coefficient (Wildman–Crippen LogP) is 1.82. The third-order valence-corrected chi connectivity index (χ3v) is 3.93. The zero-order chi connectivity index (χ0) is 18.4. The second-order valence-corrected chi connectivity index (χ2v) is 6.44. The van der Waals surface area contributed by atoms with E-state index in [1.165, 1.54) is 28.6 Å². The first-order valence-corrected chi connectivity index (χ1v) is 7.78. The normalized spacial score (nSPS) is 20.9. The molecule has 12 heteroatoms. The van der Waals surface area contributed by atoms with Gasteiger partial charge in [0, 0.05) is 24.5 Å². The van der Waals surface area contributed by atoms with Gasteiger partial charge in [0.15, 0.2) is 5.69 Å². The van der Waals surface area contributed by atoms with Crippen LogP contribution in [0.15, 0.2) is 34.2 Å². The van der Waals surface area contributed by atoms with Crippen LogP contribution in [-0.2, 0) is 6.67 Å². The predicted molar refractivity (Wildman–Crippen MR) is 82.5 cm³/mol. The van der Waals surface area contributed by atoms with E-state index >= 15 is 0 Å². The number of carbonyl (C=O) groups excluding carboxylic acids is 1. The van der Waals surface area contributed by atoms with Crippen LogP contribution in [0.1, 0.15) is 23.8 Å². The number of nitrogens with zero attached hydrogens (tertiary/aromatic N) is 6. The number of hydrogen-bond donors (Lipinski definition) is 1. The van der Waals surface area contributed by atoms with E-state index in [4.69, 9.17) is 0 Å². The summed E-state index contributed by atoms with van der Waals surface area (Å²) in [5.74, 6) is -1.14. The van der Waals surface area contributed by atoms with Crippen molar-refractivity contribution in [2.45, 2.75) is 31.9 Å². The number of carbonyl (C=O) groups is 1. The fraction of sp³-hybridized carbons (Fsp3) is 0.385. The number of hydrazone groups is 1. The van der Waals surface area contributed by atoms with Gasteiger partial charge in [-0.2, -0.15) is 33.5 Å². The van der Waals surface area contributed by atoms with Crippen molar-refractivity contribution in [1.29, 1.82) is 0 Å². The summed E-state index contributed by atoms with van der Waals surface area (Å²) in [5, 5.41) is 21.5. The molecule has 0 aliphatic carbocycles. The van der Waals surface area contributed by atoms with E-state index in [2.05, 4.69) is 31.2 Å². The summed E-state index contributed by atoms with van der Waals surface area (Å²) in [6.07, 6.45) is -1.21. The van der Waals surface area contributed by atoms with Crippen LogP contribution in [0.4, 0.5) is 13.2 Å². The van der Waals surface area contributed by atoms with Gasteiger partial charge in [0.05, 0.1) is 10.7 Å². The lowest BCUT2D eigenvalue weighted by atomic mass is 10.1. The summed E-state index contributed by atoms with van der Waals surface area (Å²) in [4.78, 5) is 12.4. The third kappa shape index (κ3) is 3.18. The fourth-order valence-corrected chi connectivity index (χ4v) is 2.71. The highest BCUT2D eigenvalue weighted by molar-refractivity contribution is 9.10. The molecule has 1 atom stereocenters. The van der Waals surface area contributed by atoms with Crippen LogP contribution in [0.25, 0.3) is 0 Å².